The van der Waals surface area contributed by atoms with Crippen LogP contribution in [0.15, 0.2) is 30.3 Å². The lowest BCUT2D eigenvalue weighted by Crippen LogP contribution is -2.30. The number of hydrogen-bond acceptors (Lipinski definition) is 7. The number of nitrogens with zero attached hydrogens (tertiary/aromatic N) is 1. The second-order valence-corrected chi connectivity index (χ2v) is 6.95. The number of non-ortho nitro benzene ring substituents is 1. The number of aliphatic hydroxyl groups excluding tert-OH is 1. The van der Waals surface area contributed by atoms with Gasteiger partial charge in [-0.15, -0.1) is 0 Å². The number of rotatable bonds is 8. The normalized spacial score (nSPS) is 11.5. The molecule has 1 atom stereocenters. The predicted octanol–water partition coefficient (Wildman–Crippen LogP) is 3.11. The summed E-state index contributed by atoms with van der Waals surface area (Å²) in [6.45, 7) is 7.06. The number of carbonyl (C=O) groups excluding carboxylic acids is 2. The summed E-state index contributed by atoms with van der Waals surface area (Å²) >= 11 is 0. The highest BCUT2D eigenvalue weighted by Gasteiger charge is 2.24. The van der Waals surface area contributed by atoms with Crippen LogP contribution in [0.4, 0.5) is 17.1 Å². The van der Waals surface area contributed by atoms with E-state index in [1.54, 1.807) is 0 Å². The van der Waals surface area contributed by atoms with E-state index in [1.165, 1.54) is 19.1 Å². The molecule has 0 heterocycles. The van der Waals surface area contributed by atoms with Gasteiger partial charge < -0.3 is 20.5 Å². The number of benzene rings is 2. The fourth-order valence-corrected chi connectivity index (χ4v) is 3.04. The number of carbonyl (C=O) groups is 2. The minimum Gasteiger partial charge on any atom is -0.449 e. The maximum Gasteiger partial charge on any atom is 0.341 e. The topological polar surface area (TPSA) is 131 Å². The van der Waals surface area contributed by atoms with E-state index in [4.69, 9.17) is 9.84 Å². The monoisotopic (exact) mass is 415 g/mol. The molecule has 0 aliphatic rings. The van der Waals surface area contributed by atoms with E-state index in [1.807, 2.05) is 32.9 Å². The highest BCUT2D eigenvalue weighted by Crippen LogP contribution is 2.25. The van der Waals surface area contributed by atoms with Gasteiger partial charge in [0.05, 0.1) is 17.1 Å². The van der Waals surface area contributed by atoms with E-state index in [0.717, 1.165) is 22.8 Å². The highest BCUT2D eigenvalue weighted by atomic mass is 16.6. The van der Waals surface area contributed by atoms with Crippen LogP contribution < -0.4 is 10.6 Å². The number of nitro benzene ring substituents is 1. The molecule has 0 unspecified atom stereocenters. The fourth-order valence-electron chi connectivity index (χ4n) is 3.04. The lowest BCUT2D eigenvalue weighted by Gasteiger charge is -2.18. The van der Waals surface area contributed by atoms with E-state index in [2.05, 4.69) is 10.6 Å². The zero-order valence-corrected chi connectivity index (χ0v) is 17.3. The van der Waals surface area contributed by atoms with E-state index in [-0.39, 0.29) is 30.1 Å². The zero-order valence-electron chi connectivity index (χ0n) is 17.3. The Morgan fingerprint density at radius 1 is 1.17 bits per heavy atom. The first-order chi connectivity index (χ1) is 14.1. The third-order valence-corrected chi connectivity index (χ3v) is 4.44. The summed E-state index contributed by atoms with van der Waals surface area (Å²) in [7, 11) is 0. The highest BCUT2D eigenvalue weighted by molar-refractivity contribution is 6.00. The number of hydrogen-bond donors (Lipinski definition) is 3. The first-order valence-electron chi connectivity index (χ1n) is 9.37. The molecular formula is C21H25N3O6. The number of esters is 1. The summed E-state index contributed by atoms with van der Waals surface area (Å²) < 4.78 is 5.25. The number of anilines is 2. The van der Waals surface area contributed by atoms with Crippen molar-refractivity contribution in [3.05, 3.63) is 62.7 Å². The van der Waals surface area contributed by atoms with Crippen LogP contribution in [0.2, 0.25) is 0 Å². The van der Waals surface area contributed by atoms with Crippen molar-refractivity contribution in [1.82, 2.24) is 0 Å². The standard InChI is InChI=1S/C21H25N3O6/c1-12-9-13(2)19(14(3)10-12)23-20(26)15(4)30-21(27)17-11-16(24(28)29)5-6-18(17)22-7-8-25/h5-6,9-11,15,22,25H,7-8H2,1-4H3,(H,23,26)/t15-/m1/s1. The van der Waals surface area contributed by atoms with Gasteiger partial charge in [-0.2, -0.15) is 0 Å². The Bertz CT molecular complexity index is 950. The molecule has 0 aliphatic heterocycles. The van der Waals surface area contributed by atoms with Crippen molar-refractivity contribution in [2.75, 3.05) is 23.8 Å². The number of aliphatic hydroxyl groups is 1. The van der Waals surface area contributed by atoms with Gasteiger partial charge in [-0.25, -0.2) is 4.79 Å². The van der Waals surface area contributed by atoms with Gasteiger partial charge in [0.2, 0.25) is 0 Å². The molecule has 0 spiro atoms. The molecule has 3 N–H and O–H groups in total. The van der Waals surface area contributed by atoms with Crippen LogP contribution in [0.25, 0.3) is 0 Å². The molecule has 9 nitrogen and oxygen atoms in total. The van der Waals surface area contributed by atoms with Crippen LogP contribution in [0.5, 0.6) is 0 Å². The number of ether oxygens (including phenoxy) is 1. The summed E-state index contributed by atoms with van der Waals surface area (Å²) in [5.41, 5.74) is 3.35. The Kier molecular flexibility index (Phi) is 7.48. The maximum atomic E-state index is 12.6. The minimum absolute atomic E-state index is 0.0972. The molecular weight excluding hydrogens is 390 g/mol. The lowest BCUT2D eigenvalue weighted by molar-refractivity contribution is -0.384. The summed E-state index contributed by atoms with van der Waals surface area (Å²) in [5, 5.41) is 25.6. The van der Waals surface area contributed by atoms with Gasteiger partial charge in [-0.05, 0) is 44.9 Å². The third-order valence-electron chi connectivity index (χ3n) is 4.44. The SMILES string of the molecule is Cc1cc(C)c(NC(=O)[C@@H](C)OC(=O)c2cc([N+](=O)[O-])ccc2NCCO)c(C)c1. The van der Waals surface area contributed by atoms with Crippen molar-refractivity contribution < 1.29 is 24.4 Å². The van der Waals surface area contributed by atoms with Crippen molar-refractivity contribution in [3.8, 4) is 0 Å². The summed E-state index contributed by atoms with van der Waals surface area (Å²) in [6, 6.07) is 7.52. The smallest absolute Gasteiger partial charge is 0.341 e. The Labute approximate surface area is 174 Å². The van der Waals surface area contributed by atoms with Crippen molar-refractivity contribution in [1.29, 1.82) is 0 Å². The molecule has 0 bridgehead atoms. The van der Waals surface area contributed by atoms with Crippen molar-refractivity contribution in [3.63, 3.8) is 0 Å². The molecule has 0 saturated carbocycles. The van der Waals surface area contributed by atoms with Crippen LogP contribution in [0.3, 0.4) is 0 Å². The van der Waals surface area contributed by atoms with Gasteiger partial charge in [0.1, 0.15) is 0 Å². The van der Waals surface area contributed by atoms with Crippen LogP contribution >= 0.6 is 0 Å². The molecule has 2 aromatic rings. The molecule has 0 radical (unpaired) electrons. The molecule has 2 aromatic carbocycles. The largest absolute Gasteiger partial charge is 0.449 e. The molecule has 9 heteroatoms. The van der Waals surface area contributed by atoms with Crippen LogP contribution in [0.1, 0.15) is 34.0 Å². The second kappa shape index (κ2) is 9.84. The fraction of sp³-hybridized carbons (Fsp3) is 0.333. The van der Waals surface area contributed by atoms with Gasteiger partial charge in [0, 0.05) is 30.1 Å². The molecule has 0 saturated heterocycles. The molecule has 160 valence electrons. The van der Waals surface area contributed by atoms with Crippen LogP contribution in [0, 0.1) is 30.9 Å². The van der Waals surface area contributed by atoms with Gasteiger partial charge in [-0.1, -0.05) is 17.7 Å². The maximum absolute atomic E-state index is 12.6. The van der Waals surface area contributed by atoms with Gasteiger partial charge in [-0.3, -0.25) is 14.9 Å². The molecule has 2 rings (SSSR count). The molecule has 1 amide bonds. The van der Waals surface area contributed by atoms with Crippen molar-refractivity contribution in [2.45, 2.75) is 33.8 Å². The Morgan fingerprint density at radius 3 is 2.37 bits per heavy atom. The first-order valence-corrected chi connectivity index (χ1v) is 9.37. The molecule has 0 aromatic heterocycles. The van der Waals surface area contributed by atoms with Gasteiger partial charge >= 0.3 is 5.97 Å². The number of aryl methyl sites for hydroxylation is 3. The summed E-state index contributed by atoms with van der Waals surface area (Å²) in [4.78, 5) is 35.6. The second-order valence-electron chi connectivity index (χ2n) is 6.95. The third kappa shape index (κ3) is 5.54. The van der Waals surface area contributed by atoms with E-state index < -0.39 is 22.9 Å². The Hall–Kier alpha value is -3.46. The number of amides is 1. The number of nitro groups is 1. The summed E-state index contributed by atoms with van der Waals surface area (Å²) in [5.74, 6) is -1.41. The molecule has 0 aliphatic carbocycles. The predicted molar refractivity (Wildman–Crippen MR) is 113 cm³/mol. The Morgan fingerprint density at radius 2 is 1.80 bits per heavy atom. The lowest BCUT2D eigenvalue weighted by atomic mass is 10.0. The zero-order chi connectivity index (χ0) is 22.4. The molecule has 30 heavy (non-hydrogen) atoms. The van der Waals surface area contributed by atoms with Crippen molar-refractivity contribution >= 4 is 28.9 Å². The average Bonchev–Trinajstić information content (AvgIpc) is 2.68. The van der Waals surface area contributed by atoms with E-state index >= 15 is 0 Å². The first kappa shape index (κ1) is 22.8. The van der Waals surface area contributed by atoms with Gasteiger partial charge in [0.15, 0.2) is 6.10 Å². The molecule has 0 fully saturated rings. The van der Waals surface area contributed by atoms with E-state index in [9.17, 15) is 19.7 Å². The summed E-state index contributed by atoms with van der Waals surface area (Å²) in [6.07, 6.45) is -1.14. The van der Waals surface area contributed by atoms with E-state index in [0.29, 0.717) is 5.69 Å². The quantitative estimate of drug-likeness (QED) is 0.343. The van der Waals surface area contributed by atoms with Crippen LogP contribution in [-0.2, 0) is 9.53 Å². The van der Waals surface area contributed by atoms with Crippen LogP contribution in [-0.4, -0.2) is 41.2 Å². The Balaban J connectivity index is 2.19. The minimum atomic E-state index is -1.14. The average molecular weight is 415 g/mol. The number of nitrogens with one attached hydrogen (secondary N) is 2. The van der Waals surface area contributed by atoms with Gasteiger partial charge in [0.25, 0.3) is 11.6 Å². The van der Waals surface area contributed by atoms with Crippen molar-refractivity contribution in [2.24, 2.45) is 0 Å².